The monoisotopic (exact) mass is 288 g/mol. The topological polar surface area (TPSA) is 16.6 Å². The van der Waals surface area contributed by atoms with Crippen molar-refractivity contribution in [2.75, 3.05) is 0 Å². The maximum Gasteiger partial charge on any atom is 0.112 e. The summed E-state index contributed by atoms with van der Waals surface area (Å²) in [4.78, 5) is 0. The molecule has 0 bridgehead atoms. The Morgan fingerprint density at radius 3 is 2.68 bits per heavy atom. The summed E-state index contributed by atoms with van der Waals surface area (Å²) in [6.07, 6.45) is 3.85. The van der Waals surface area contributed by atoms with Gasteiger partial charge in [0.1, 0.15) is 12.6 Å². The predicted molar refractivity (Wildman–Crippen MR) is 91.7 cm³/mol. The zero-order chi connectivity index (χ0) is 14.8. The van der Waals surface area contributed by atoms with Gasteiger partial charge in [-0.15, -0.1) is 0 Å². The van der Waals surface area contributed by atoms with E-state index in [2.05, 4.69) is 72.0 Å². The van der Waals surface area contributed by atoms with Crippen LogP contribution in [0.5, 0.6) is 0 Å². The van der Waals surface area contributed by atoms with Gasteiger partial charge in [0.15, 0.2) is 0 Å². The molecule has 4 rings (SSSR count). The molecule has 3 aromatic carbocycles. The fourth-order valence-corrected chi connectivity index (χ4v) is 3.78. The number of aryl methyl sites for hydroxylation is 1. The van der Waals surface area contributed by atoms with Crippen LogP contribution in [0.25, 0.3) is 10.8 Å². The molecule has 0 fully saturated rings. The van der Waals surface area contributed by atoms with E-state index in [1.807, 2.05) is 0 Å². The molecule has 2 N–H and O–H groups in total. The second-order valence-electron chi connectivity index (χ2n) is 6.28. The quantitative estimate of drug-likeness (QED) is 0.750. The van der Waals surface area contributed by atoms with Crippen LogP contribution in [0, 0.1) is 0 Å². The third-order valence-corrected chi connectivity index (χ3v) is 4.92. The number of quaternary nitrogens is 1. The number of hydrogen-bond acceptors (Lipinski definition) is 0. The highest BCUT2D eigenvalue weighted by Crippen LogP contribution is 2.27. The molecular formula is C21H22N+. The molecule has 110 valence electrons. The Bertz CT molecular complexity index is 785. The van der Waals surface area contributed by atoms with Gasteiger partial charge in [0.25, 0.3) is 0 Å². The minimum atomic E-state index is 0.615. The predicted octanol–water partition coefficient (Wildman–Crippen LogP) is 3.98. The van der Waals surface area contributed by atoms with Gasteiger partial charge in [-0.2, -0.15) is 0 Å². The van der Waals surface area contributed by atoms with Crippen LogP contribution in [-0.4, -0.2) is 0 Å². The first kappa shape index (κ1) is 13.5. The van der Waals surface area contributed by atoms with Gasteiger partial charge >= 0.3 is 0 Å². The van der Waals surface area contributed by atoms with Gasteiger partial charge < -0.3 is 5.32 Å². The van der Waals surface area contributed by atoms with E-state index in [4.69, 9.17) is 0 Å². The number of fused-ring (bicyclic) bond motifs is 2. The van der Waals surface area contributed by atoms with Gasteiger partial charge in [0.2, 0.25) is 0 Å². The van der Waals surface area contributed by atoms with Crippen molar-refractivity contribution in [2.45, 2.75) is 31.8 Å². The molecule has 0 saturated heterocycles. The molecule has 0 heterocycles. The van der Waals surface area contributed by atoms with Crippen molar-refractivity contribution in [1.82, 2.24) is 0 Å². The molecule has 0 aromatic heterocycles. The molecular weight excluding hydrogens is 266 g/mol. The second-order valence-corrected chi connectivity index (χ2v) is 6.28. The van der Waals surface area contributed by atoms with E-state index in [-0.39, 0.29) is 0 Å². The molecule has 1 aliphatic rings. The lowest BCUT2D eigenvalue weighted by Crippen LogP contribution is -2.84. The van der Waals surface area contributed by atoms with Crippen molar-refractivity contribution >= 4 is 10.8 Å². The summed E-state index contributed by atoms with van der Waals surface area (Å²) in [6, 6.07) is 24.9. The van der Waals surface area contributed by atoms with Crippen molar-refractivity contribution in [1.29, 1.82) is 0 Å². The Balaban J connectivity index is 1.58. The molecule has 3 aromatic rings. The van der Waals surface area contributed by atoms with E-state index in [9.17, 15) is 0 Å². The van der Waals surface area contributed by atoms with Crippen LogP contribution in [0.4, 0.5) is 0 Å². The fourth-order valence-electron chi connectivity index (χ4n) is 3.78. The summed E-state index contributed by atoms with van der Waals surface area (Å²) in [5, 5.41) is 5.27. The summed E-state index contributed by atoms with van der Waals surface area (Å²) >= 11 is 0. The first-order valence-electron chi connectivity index (χ1n) is 8.29. The summed E-state index contributed by atoms with van der Waals surface area (Å²) in [7, 11) is 0. The average Bonchev–Trinajstić information content (AvgIpc) is 2.60. The number of rotatable bonds is 3. The van der Waals surface area contributed by atoms with Crippen LogP contribution in [0.3, 0.4) is 0 Å². The van der Waals surface area contributed by atoms with Gasteiger partial charge in [0, 0.05) is 17.5 Å². The van der Waals surface area contributed by atoms with E-state index >= 15 is 0 Å². The van der Waals surface area contributed by atoms with Crippen LogP contribution < -0.4 is 5.32 Å². The first-order valence-corrected chi connectivity index (χ1v) is 8.29. The van der Waals surface area contributed by atoms with Gasteiger partial charge in [-0.1, -0.05) is 66.7 Å². The maximum absolute atomic E-state index is 2.53. The number of benzene rings is 3. The van der Waals surface area contributed by atoms with Crippen molar-refractivity contribution in [2.24, 2.45) is 0 Å². The molecule has 1 heteroatoms. The van der Waals surface area contributed by atoms with Gasteiger partial charge in [-0.25, -0.2) is 0 Å². The van der Waals surface area contributed by atoms with Gasteiger partial charge in [0.05, 0.1) is 0 Å². The van der Waals surface area contributed by atoms with Crippen molar-refractivity contribution in [3.05, 3.63) is 83.4 Å². The summed E-state index contributed by atoms with van der Waals surface area (Å²) in [5.74, 6) is 0. The third kappa shape index (κ3) is 2.53. The SMILES string of the molecule is c1ccc2c(c1)CCC[C@H]2[NH2+]Cc1cccc2ccccc12. The summed E-state index contributed by atoms with van der Waals surface area (Å²) < 4.78 is 0. The first-order chi connectivity index (χ1) is 10.9. The Labute approximate surface area is 132 Å². The lowest BCUT2D eigenvalue weighted by molar-refractivity contribution is -0.712. The van der Waals surface area contributed by atoms with Crippen molar-refractivity contribution in [3.8, 4) is 0 Å². The smallest absolute Gasteiger partial charge is 0.112 e. The molecule has 1 nitrogen and oxygen atoms in total. The molecule has 1 aliphatic carbocycles. The molecule has 1 atom stereocenters. The maximum atomic E-state index is 2.53. The average molecular weight is 288 g/mol. The minimum Gasteiger partial charge on any atom is -0.336 e. The zero-order valence-electron chi connectivity index (χ0n) is 12.8. The Hall–Kier alpha value is -2.12. The molecule has 22 heavy (non-hydrogen) atoms. The fraction of sp³-hybridized carbons (Fsp3) is 0.238. The Morgan fingerprint density at radius 1 is 0.864 bits per heavy atom. The summed E-state index contributed by atoms with van der Waals surface area (Å²) in [6.45, 7) is 1.06. The van der Waals surface area contributed by atoms with Gasteiger partial charge in [-0.3, -0.25) is 0 Å². The minimum absolute atomic E-state index is 0.615. The molecule has 0 unspecified atom stereocenters. The van der Waals surface area contributed by atoms with Gasteiger partial charge in [-0.05, 0) is 29.2 Å². The van der Waals surface area contributed by atoms with E-state index in [1.165, 1.54) is 35.6 Å². The van der Waals surface area contributed by atoms with E-state index in [1.54, 1.807) is 11.1 Å². The second kappa shape index (κ2) is 5.94. The molecule has 0 radical (unpaired) electrons. The van der Waals surface area contributed by atoms with Crippen LogP contribution >= 0.6 is 0 Å². The highest BCUT2D eigenvalue weighted by molar-refractivity contribution is 5.85. The summed E-state index contributed by atoms with van der Waals surface area (Å²) in [5.41, 5.74) is 4.54. The third-order valence-electron chi connectivity index (χ3n) is 4.92. The lowest BCUT2D eigenvalue weighted by atomic mass is 9.87. The van der Waals surface area contributed by atoms with E-state index in [0.717, 1.165) is 6.54 Å². The Kier molecular flexibility index (Phi) is 3.65. The normalized spacial score (nSPS) is 17.4. The number of hydrogen-bond donors (Lipinski definition) is 1. The van der Waals surface area contributed by atoms with Crippen LogP contribution in [0.2, 0.25) is 0 Å². The van der Waals surface area contributed by atoms with E-state index < -0.39 is 0 Å². The van der Waals surface area contributed by atoms with Crippen LogP contribution in [0.15, 0.2) is 66.7 Å². The molecule has 0 amide bonds. The highest BCUT2D eigenvalue weighted by atomic mass is 14.9. The largest absolute Gasteiger partial charge is 0.336 e. The van der Waals surface area contributed by atoms with Crippen molar-refractivity contribution < 1.29 is 5.32 Å². The van der Waals surface area contributed by atoms with Crippen LogP contribution in [-0.2, 0) is 13.0 Å². The molecule has 0 aliphatic heterocycles. The highest BCUT2D eigenvalue weighted by Gasteiger charge is 2.22. The number of nitrogens with two attached hydrogens (primary N) is 1. The molecule has 0 saturated carbocycles. The van der Waals surface area contributed by atoms with Crippen molar-refractivity contribution in [3.63, 3.8) is 0 Å². The lowest BCUT2D eigenvalue weighted by Gasteiger charge is -2.24. The standard InChI is InChI=1S/C21H21N/c1-3-12-19-16(7-1)9-5-11-18(19)15-22-21-14-6-10-17-8-2-4-13-20(17)21/h1-5,7-9,11-13,21-22H,6,10,14-15H2/p+1/t21-/m1/s1. The molecule has 0 spiro atoms. The Morgan fingerprint density at radius 2 is 1.68 bits per heavy atom. The van der Waals surface area contributed by atoms with E-state index in [0.29, 0.717) is 6.04 Å². The van der Waals surface area contributed by atoms with Crippen LogP contribution in [0.1, 0.15) is 35.6 Å². The zero-order valence-corrected chi connectivity index (χ0v) is 12.8.